The number of hydrogen-bond acceptors (Lipinski definition) is 3. The Morgan fingerprint density at radius 2 is 2.31 bits per heavy atom. The highest BCUT2D eigenvalue weighted by Gasteiger charge is 2.20. The van der Waals surface area contributed by atoms with Gasteiger partial charge < -0.3 is 5.32 Å². The summed E-state index contributed by atoms with van der Waals surface area (Å²) in [6, 6.07) is 4.75. The van der Waals surface area contributed by atoms with E-state index in [2.05, 4.69) is 23.2 Å². The van der Waals surface area contributed by atoms with E-state index in [1.54, 1.807) is 11.3 Å². The van der Waals surface area contributed by atoms with Gasteiger partial charge in [0.15, 0.2) is 0 Å². The van der Waals surface area contributed by atoms with Crippen LogP contribution in [0.1, 0.15) is 30.7 Å². The summed E-state index contributed by atoms with van der Waals surface area (Å²) in [6.45, 7) is 6.86. The summed E-state index contributed by atoms with van der Waals surface area (Å²) in [7, 11) is 0. The van der Waals surface area contributed by atoms with Crippen molar-refractivity contribution in [3.8, 4) is 0 Å². The second kappa shape index (κ2) is 6.01. The quantitative estimate of drug-likeness (QED) is 0.896. The van der Waals surface area contributed by atoms with E-state index in [1.165, 1.54) is 17.8 Å². The Kier molecular flexibility index (Phi) is 4.65. The molecule has 1 aromatic heterocycles. The van der Waals surface area contributed by atoms with E-state index in [4.69, 9.17) is 11.6 Å². The van der Waals surface area contributed by atoms with Crippen molar-refractivity contribution in [3.63, 3.8) is 0 Å². The van der Waals surface area contributed by atoms with Gasteiger partial charge in [-0.1, -0.05) is 18.5 Å². The Morgan fingerprint density at radius 1 is 1.44 bits per heavy atom. The molecular weight excluding hydrogens is 240 g/mol. The van der Waals surface area contributed by atoms with Crippen molar-refractivity contribution in [2.45, 2.75) is 25.8 Å². The van der Waals surface area contributed by atoms with Gasteiger partial charge in [-0.2, -0.15) is 0 Å². The van der Waals surface area contributed by atoms with Crippen molar-refractivity contribution in [3.05, 3.63) is 21.3 Å². The largest absolute Gasteiger partial charge is 0.315 e. The molecule has 0 aliphatic carbocycles. The number of halogens is 1. The fraction of sp³-hybridized carbons (Fsp3) is 0.667. The first-order valence-electron chi connectivity index (χ1n) is 6.01. The second-order valence-corrected chi connectivity index (χ2v) is 5.95. The maximum absolute atomic E-state index is 6.02. The Labute approximate surface area is 107 Å². The van der Waals surface area contributed by atoms with Gasteiger partial charge >= 0.3 is 0 Å². The maximum Gasteiger partial charge on any atom is 0.0931 e. The van der Waals surface area contributed by atoms with Crippen molar-refractivity contribution in [2.75, 3.05) is 26.2 Å². The van der Waals surface area contributed by atoms with E-state index in [-0.39, 0.29) is 0 Å². The molecule has 1 unspecified atom stereocenters. The molecule has 2 rings (SSSR count). The van der Waals surface area contributed by atoms with Crippen molar-refractivity contribution in [1.82, 2.24) is 10.2 Å². The van der Waals surface area contributed by atoms with Crippen LogP contribution in [0.2, 0.25) is 4.34 Å². The average Bonchev–Trinajstić information content (AvgIpc) is 2.55. The molecule has 1 atom stereocenters. The SMILES string of the molecule is CCC(c1ccc(Cl)s1)N1CCCNCC1. The number of nitrogens with zero attached hydrogens (tertiary/aromatic N) is 1. The average molecular weight is 259 g/mol. The molecule has 0 saturated carbocycles. The normalized spacial score (nSPS) is 20.6. The van der Waals surface area contributed by atoms with Crippen LogP contribution in [-0.4, -0.2) is 31.1 Å². The molecular formula is C12H19ClN2S. The Hall–Kier alpha value is -0.0900. The van der Waals surface area contributed by atoms with Crippen LogP contribution in [0.5, 0.6) is 0 Å². The lowest BCUT2D eigenvalue weighted by molar-refractivity contribution is 0.208. The lowest BCUT2D eigenvalue weighted by Gasteiger charge is -2.28. The van der Waals surface area contributed by atoms with Crippen LogP contribution in [0, 0.1) is 0 Å². The molecule has 1 saturated heterocycles. The molecule has 2 heterocycles. The van der Waals surface area contributed by atoms with E-state index in [1.807, 2.05) is 6.07 Å². The Bertz CT molecular complexity index is 319. The number of rotatable bonds is 3. The lowest BCUT2D eigenvalue weighted by atomic mass is 10.1. The topological polar surface area (TPSA) is 15.3 Å². The summed E-state index contributed by atoms with van der Waals surface area (Å²) in [5.41, 5.74) is 0. The fourth-order valence-corrected chi connectivity index (χ4v) is 3.60. The van der Waals surface area contributed by atoms with Crippen LogP contribution >= 0.6 is 22.9 Å². The van der Waals surface area contributed by atoms with Gasteiger partial charge in [-0.15, -0.1) is 11.3 Å². The molecule has 1 N–H and O–H groups in total. The molecule has 2 nitrogen and oxygen atoms in total. The summed E-state index contributed by atoms with van der Waals surface area (Å²) < 4.78 is 0.904. The number of thiophene rings is 1. The lowest BCUT2D eigenvalue weighted by Crippen LogP contribution is -2.31. The van der Waals surface area contributed by atoms with E-state index in [0.29, 0.717) is 6.04 Å². The van der Waals surface area contributed by atoms with Crippen molar-refractivity contribution in [2.24, 2.45) is 0 Å². The first-order chi connectivity index (χ1) is 7.81. The van der Waals surface area contributed by atoms with Crippen LogP contribution < -0.4 is 5.32 Å². The Morgan fingerprint density at radius 3 is 3.00 bits per heavy atom. The van der Waals surface area contributed by atoms with Gasteiger partial charge in [-0.25, -0.2) is 0 Å². The highest BCUT2D eigenvalue weighted by atomic mass is 35.5. The summed E-state index contributed by atoms with van der Waals surface area (Å²) in [4.78, 5) is 4.00. The molecule has 1 aliphatic heterocycles. The van der Waals surface area contributed by atoms with Crippen molar-refractivity contribution < 1.29 is 0 Å². The molecule has 4 heteroatoms. The molecule has 1 aliphatic rings. The number of hydrogen-bond donors (Lipinski definition) is 1. The molecule has 0 amide bonds. The third-order valence-electron chi connectivity index (χ3n) is 3.12. The maximum atomic E-state index is 6.02. The highest BCUT2D eigenvalue weighted by Crippen LogP contribution is 2.32. The molecule has 0 spiro atoms. The van der Waals surface area contributed by atoms with Crippen LogP contribution in [0.4, 0.5) is 0 Å². The third kappa shape index (κ3) is 2.98. The first-order valence-corrected chi connectivity index (χ1v) is 7.20. The van der Waals surface area contributed by atoms with Crippen molar-refractivity contribution in [1.29, 1.82) is 0 Å². The van der Waals surface area contributed by atoms with E-state index < -0.39 is 0 Å². The zero-order chi connectivity index (χ0) is 11.4. The monoisotopic (exact) mass is 258 g/mol. The van der Waals surface area contributed by atoms with E-state index in [0.717, 1.165) is 30.4 Å². The minimum Gasteiger partial charge on any atom is -0.315 e. The highest BCUT2D eigenvalue weighted by molar-refractivity contribution is 7.16. The molecule has 0 bridgehead atoms. The third-order valence-corrected chi connectivity index (χ3v) is 4.46. The van der Waals surface area contributed by atoms with Gasteiger partial charge in [-0.05, 0) is 31.5 Å². The molecule has 90 valence electrons. The zero-order valence-corrected chi connectivity index (χ0v) is 11.3. The van der Waals surface area contributed by atoms with Crippen LogP contribution in [0.3, 0.4) is 0 Å². The summed E-state index contributed by atoms with van der Waals surface area (Å²) in [5.74, 6) is 0. The predicted octanol–water partition coefficient (Wildman–Crippen LogP) is 3.15. The molecule has 1 aromatic rings. The predicted molar refractivity (Wildman–Crippen MR) is 71.4 cm³/mol. The van der Waals surface area contributed by atoms with Gasteiger partial charge in [0.25, 0.3) is 0 Å². The molecule has 0 aromatic carbocycles. The zero-order valence-electron chi connectivity index (χ0n) is 9.71. The summed E-state index contributed by atoms with van der Waals surface area (Å²) in [5, 5.41) is 3.45. The second-order valence-electron chi connectivity index (χ2n) is 4.21. The van der Waals surface area contributed by atoms with Gasteiger partial charge in [0.2, 0.25) is 0 Å². The standard InChI is InChI=1S/C12H19ClN2S/c1-2-10(11-4-5-12(13)16-11)15-8-3-6-14-7-9-15/h4-5,10,14H,2-3,6-9H2,1H3. The minimum atomic E-state index is 0.553. The van der Waals surface area contributed by atoms with E-state index >= 15 is 0 Å². The van der Waals surface area contributed by atoms with Crippen LogP contribution in [0.25, 0.3) is 0 Å². The smallest absolute Gasteiger partial charge is 0.0931 e. The van der Waals surface area contributed by atoms with Gasteiger partial charge in [0, 0.05) is 30.6 Å². The molecule has 0 radical (unpaired) electrons. The number of nitrogens with one attached hydrogen (secondary N) is 1. The summed E-state index contributed by atoms with van der Waals surface area (Å²) in [6.07, 6.45) is 2.41. The van der Waals surface area contributed by atoms with Crippen LogP contribution in [-0.2, 0) is 0 Å². The van der Waals surface area contributed by atoms with Crippen LogP contribution in [0.15, 0.2) is 12.1 Å². The van der Waals surface area contributed by atoms with Gasteiger partial charge in [0.1, 0.15) is 0 Å². The van der Waals surface area contributed by atoms with Crippen molar-refractivity contribution >= 4 is 22.9 Å². The van der Waals surface area contributed by atoms with Gasteiger partial charge in [-0.3, -0.25) is 4.90 Å². The minimum absolute atomic E-state index is 0.553. The van der Waals surface area contributed by atoms with Gasteiger partial charge in [0.05, 0.1) is 4.34 Å². The fourth-order valence-electron chi connectivity index (χ4n) is 2.32. The molecule has 16 heavy (non-hydrogen) atoms. The van der Waals surface area contributed by atoms with E-state index in [9.17, 15) is 0 Å². The first kappa shape index (κ1) is 12.4. The summed E-state index contributed by atoms with van der Waals surface area (Å²) >= 11 is 7.74. The Balaban J connectivity index is 2.08. The molecule has 1 fully saturated rings.